The SMILES string of the molecule is CNC(=O)CN(C)C(=O)COC(=O)C(C)(C)c1ccccc1. The van der Waals surface area contributed by atoms with Crippen molar-refractivity contribution in [3.05, 3.63) is 35.9 Å². The van der Waals surface area contributed by atoms with E-state index in [-0.39, 0.29) is 19.1 Å². The van der Waals surface area contributed by atoms with E-state index in [1.807, 2.05) is 30.3 Å². The van der Waals surface area contributed by atoms with Crippen LogP contribution >= 0.6 is 0 Å². The van der Waals surface area contributed by atoms with Gasteiger partial charge in [0.2, 0.25) is 5.91 Å². The molecule has 1 aromatic rings. The number of rotatable bonds is 6. The Bertz CT molecular complexity index is 540. The average molecular weight is 306 g/mol. The number of nitrogens with one attached hydrogen (secondary N) is 1. The van der Waals surface area contributed by atoms with Crippen molar-refractivity contribution in [3.63, 3.8) is 0 Å². The summed E-state index contributed by atoms with van der Waals surface area (Å²) in [6.45, 7) is 3.02. The number of benzene rings is 1. The first kappa shape index (κ1) is 17.7. The Morgan fingerprint density at radius 3 is 2.32 bits per heavy atom. The van der Waals surface area contributed by atoms with Crippen molar-refractivity contribution in [2.24, 2.45) is 0 Å². The van der Waals surface area contributed by atoms with E-state index in [0.29, 0.717) is 0 Å². The largest absolute Gasteiger partial charge is 0.455 e. The van der Waals surface area contributed by atoms with E-state index in [9.17, 15) is 14.4 Å². The van der Waals surface area contributed by atoms with Crippen molar-refractivity contribution in [2.45, 2.75) is 19.3 Å². The van der Waals surface area contributed by atoms with Gasteiger partial charge in [-0.05, 0) is 19.4 Å². The Hall–Kier alpha value is -2.37. The molecule has 120 valence electrons. The number of carbonyl (C=O) groups excluding carboxylic acids is 3. The topological polar surface area (TPSA) is 75.7 Å². The van der Waals surface area contributed by atoms with E-state index in [2.05, 4.69) is 5.32 Å². The van der Waals surface area contributed by atoms with Crippen LogP contribution in [-0.2, 0) is 24.5 Å². The third-order valence-corrected chi connectivity index (χ3v) is 3.42. The summed E-state index contributed by atoms with van der Waals surface area (Å²) in [5, 5.41) is 2.42. The van der Waals surface area contributed by atoms with Gasteiger partial charge in [-0.2, -0.15) is 0 Å². The maximum absolute atomic E-state index is 12.2. The highest BCUT2D eigenvalue weighted by molar-refractivity contribution is 5.88. The summed E-state index contributed by atoms with van der Waals surface area (Å²) in [6, 6.07) is 9.21. The van der Waals surface area contributed by atoms with Crippen LogP contribution in [0.25, 0.3) is 0 Å². The van der Waals surface area contributed by atoms with Gasteiger partial charge in [-0.3, -0.25) is 14.4 Å². The van der Waals surface area contributed by atoms with Crippen LogP contribution in [0.2, 0.25) is 0 Å². The molecule has 0 saturated carbocycles. The lowest BCUT2D eigenvalue weighted by Gasteiger charge is -2.23. The maximum Gasteiger partial charge on any atom is 0.316 e. The number of likely N-dealkylation sites (N-methyl/N-ethyl adjacent to an activating group) is 2. The molecule has 6 heteroatoms. The summed E-state index contributed by atoms with van der Waals surface area (Å²) in [6.07, 6.45) is 0. The molecular weight excluding hydrogens is 284 g/mol. The number of hydrogen-bond donors (Lipinski definition) is 1. The molecule has 0 radical (unpaired) electrons. The summed E-state index contributed by atoms with van der Waals surface area (Å²) in [4.78, 5) is 36.4. The van der Waals surface area contributed by atoms with Gasteiger partial charge in [0.25, 0.3) is 5.91 Å². The zero-order valence-electron chi connectivity index (χ0n) is 13.4. The van der Waals surface area contributed by atoms with E-state index in [4.69, 9.17) is 4.74 Å². The highest BCUT2D eigenvalue weighted by Gasteiger charge is 2.32. The standard InChI is InChI=1S/C16H22N2O4/c1-16(2,12-8-6-5-7-9-12)15(21)22-11-14(20)18(4)10-13(19)17-3/h5-9H,10-11H2,1-4H3,(H,17,19). The molecule has 0 aliphatic rings. The summed E-state index contributed by atoms with van der Waals surface area (Å²) in [5.41, 5.74) is -0.0351. The molecule has 22 heavy (non-hydrogen) atoms. The quantitative estimate of drug-likeness (QED) is 0.786. The van der Waals surface area contributed by atoms with E-state index in [0.717, 1.165) is 5.56 Å². The van der Waals surface area contributed by atoms with Crippen LogP contribution in [0, 0.1) is 0 Å². The fourth-order valence-corrected chi connectivity index (χ4v) is 1.77. The van der Waals surface area contributed by atoms with E-state index in [1.165, 1.54) is 19.0 Å². The number of nitrogens with zero attached hydrogens (tertiary/aromatic N) is 1. The van der Waals surface area contributed by atoms with Crippen molar-refractivity contribution in [3.8, 4) is 0 Å². The normalized spacial score (nSPS) is 10.7. The lowest BCUT2D eigenvalue weighted by Crippen LogP contribution is -2.40. The fourth-order valence-electron chi connectivity index (χ4n) is 1.77. The van der Waals surface area contributed by atoms with E-state index in [1.54, 1.807) is 13.8 Å². The molecule has 0 aliphatic heterocycles. The molecule has 0 heterocycles. The molecule has 2 amide bonds. The zero-order valence-corrected chi connectivity index (χ0v) is 13.4. The third-order valence-electron chi connectivity index (χ3n) is 3.42. The van der Waals surface area contributed by atoms with Crippen molar-refractivity contribution in [1.82, 2.24) is 10.2 Å². The molecule has 0 aromatic heterocycles. The fraction of sp³-hybridized carbons (Fsp3) is 0.438. The van der Waals surface area contributed by atoms with Crippen molar-refractivity contribution >= 4 is 17.8 Å². The predicted octanol–water partition coefficient (Wildman–Crippen LogP) is 0.712. The molecule has 6 nitrogen and oxygen atoms in total. The van der Waals surface area contributed by atoms with Crippen LogP contribution in [0.1, 0.15) is 19.4 Å². The summed E-state index contributed by atoms with van der Waals surface area (Å²) in [5.74, 6) is -1.20. The number of hydrogen-bond acceptors (Lipinski definition) is 4. The lowest BCUT2D eigenvalue weighted by molar-refractivity contribution is -0.156. The first-order valence-corrected chi connectivity index (χ1v) is 6.96. The summed E-state index contributed by atoms with van der Waals surface area (Å²) in [7, 11) is 2.97. The molecule has 0 aliphatic carbocycles. The van der Waals surface area contributed by atoms with Gasteiger partial charge in [-0.15, -0.1) is 0 Å². The molecular formula is C16H22N2O4. The molecule has 0 unspecified atom stereocenters. The second kappa shape index (κ2) is 7.59. The van der Waals surface area contributed by atoms with Crippen LogP contribution in [0.15, 0.2) is 30.3 Å². The minimum Gasteiger partial charge on any atom is -0.455 e. The Morgan fingerprint density at radius 1 is 1.18 bits per heavy atom. The number of carbonyl (C=O) groups is 3. The van der Waals surface area contributed by atoms with Crippen LogP contribution in [0.4, 0.5) is 0 Å². The van der Waals surface area contributed by atoms with Gasteiger partial charge in [0.15, 0.2) is 6.61 Å². The van der Waals surface area contributed by atoms with Gasteiger partial charge in [-0.25, -0.2) is 0 Å². The molecule has 0 saturated heterocycles. The van der Waals surface area contributed by atoms with E-state index < -0.39 is 17.3 Å². The predicted molar refractivity (Wildman–Crippen MR) is 82.1 cm³/mol. The van der Waals surface area contributed by atoms with Gasteiger partial charge in [-0.1, -0.05) is 30.3 Å². The highest BCUT2D eigenvalue weighted by atomic mass is 16.5. The Balaban J connectivity index is 2.58. The van der Waals surface area contributed by atoms with Crippen molar-refractivity contribution < 1.29 is 19.1 Å². The molecule has 0 fully saturated rings. The molecule has 0 bridgehead atoms. The second-order valence-electron chi connectivity index (χ2n) is 5.49. The van der Waals surface area contributed by atoms with Crippen LogP contribution < -0.4 is 5.32 Å². The monoisotopic (exact) mass is 306 g/mol. The highest BCUT2D eigenvalue weighted by Crippen LogP contribution is 2.24. The first-order valence-electron chi connectivity index (χ1n) is 6.96. The Morgan fingerprint density at radius 2 is 1.77 bits per heavy atom. The molecule has 0 atom stereocenters. The van der Waals surface area contributed by atoms with Crippen LogP contribution in [0.3, 0.4) is 0 Å². The Kier molecular flexibility index (Phi) is 6.10. The summed E-state index contributed by atoms with van der Waals surface area (Å²) < 4.78 is 5.10. The number of ether oxygens (including phenoxy) is 1. The molecule has 1 aromatic carbocycles. The molecule has 0 spiro atoms. The van der Waals surface area contributed by atoms with Gasteiger partial charge < -0.3 is 15.0 Å². The third kappa shape index (κ3) is 4.58. The lowest BCUT2D eigenvalue weighted by atomic mass is 9.85. The van der Waals surface area contributed by atoms with Gasteiger partial charge in [0.1, 0.15) is 0 Å². The van der Waals surface area contributed by atoms with Gasteiger partial charge in [0, 0.05) is 14.1 Å². The minimum atomic E-state index is -0.846. The smallest absolute Gasteiger partial charge is 0.316 e. The number of esters is 1. The zero-order chi connectivity index (χ0) is 16.8. The van der Waals surface area contributed by atoms with Crippen LogP contribution in [-0.4, -0.2) is 49.9 Å². The molecule has 1 N–H and O–H groups in total. The average Bonchev–Trinajstić information content (AvgIpc) is 2.52. The van der Waals surface area contributed by atoms with Crippen LogP contribution in [0.5, 0.6) is 0 Å². The summed E-state index contributed by atoms with van der Waals surface area (Å²) >= 11 is 0. The van der Waals surface area contributed by atoms with Gasteiger partial charge >= 0.3 is 5.97 Å². The minimum absolute atomic E-state index is 0.0744. The number of amides is 2. The van der Waals surface area contributed by atoms with Crippen molar-refractivity contribution in [1.29, 1.82) is 0 Å². The molecule has 1 rings (SSSR count). The first-order chi connectivity index (χ1) is 10.3. The second-order valence-corrected chi connectivity index (χ2v) is 5.49. The van der Waals surface area contributed by atoms with Gasteiger partial charge in [0.05, 0.1) is 12.0 Å². The maximum atomic E-state index is 12.2. The van der Waals surface area contributed by atoms with Crippen molar-refractivity contribution in [2.75, 3.05) is 27.2 Å². The Labute approximate surface area is 130 Å². The van der Waals surface area contributed by atoms with E-state index >= 15 is 0 Å².